The van der Waals surface area contributed by atoms with Gasteiger partial charge in [-0.1, -0.05) is 6.92 Å². The van der Waals surface area contributed by atoms with Gasteiger partial charge in [-0.15, -0.1) is 4.91 Å². The molecule has 0 unspecified atom stereocenters. The van der Waals surface area contributed by atoms with Gasteiger partial charge < -0.3 is 5.73 Å². The lowest BCUT2D eigenvalue weighted by atomic mass is 10.5. The zero-order valence-electron chi connectivity index (χ0n) is 6.57. The lowest BCUT2D eigenvalue weighted by molar-refractivity contribution is 0.204. The van der Waals surface area contributed by atoms with Gasteiger partial charge in [0, 0.05) is 0 Å². The van der Waals surface area contributed by atoms with E-state index in [2.05, 4.69) is 5.29 Å². The average Bonchev–Trinajstić information content (AvgIpc) is 2.41. The van der Waals surface area contributed by atoms with E-state index < -0.39 is 12.0 Å². The highest BCUT2D eigenvalue weighted by Crippen LogP contribution is 2.34. The van der Waals surface area contributed by atoms with Crippen molar-refractivity contribution < 1.29 is 6.17 Å². The Morgan fingerprint density at radius 2 is 2.50 bits per heavy atom. The van der Waals surface area contributed by atoms with Gasteiger partial charge in [0.1, 0.15) is 0 Å². The fourth-order valence-electron chi connectivity index (χ4n) is 0.784. The van der Waals surface area contributed by atoms with Gasteiger partial charge in [0.25, 0.3) is 0 Å². The van der Waals surface area contributed by atoms with E-state index in [0.717, 1.165) is 0 Å². The average molecular weight is 145 g/mol. The molecule has 0 aromatic carbocycles. The second kappa shape index (κ2) is 2.24. The van der Waals surface area contributed by atoms with Crippen molar-refractivity contribution in [3.63, 3.8) is 0 Å². The van der Waals surface area contributed by atoms with Gasteiger partial charge in [0.15, 0.2) is 0 Å². The van der Waals surface area contributed by atoms with E-state index in [1.807, 2.05) is 0 Å². The van der Waals surface area contributed by atoms with Crippen LogP contribution in [0.3, 0.4) is 0 Å². The molecule has 5 nitrogen and oxygen atoms in total. The molecule has 2 amide bonds. The van der Waals surface area contributed by atoms with Gasteiger partial charge in [-0.2, -0.15) is 5.01 Å². The highest BCUT2D eigenvalue weighted by atomic mass is 16.5. The molecule has 0 aliphatic heterocycles. The van der Waals surface area contributed by atoms with E-state index in [-0.39, 0.29) is 5.92 Å². The molecule has 5 heteroatoms. The fraction of sp³-hybridized carbons (Fsp3) is 0.800. The summed E-state index contributed by atoms with van der Waals surface area (Å²) in [5, 5.41) is 2.88. The molecule has 1 saturated carbocycles. The number of nitrogens with zero attached hydrogens (tertiary/aromatic N) is 2. The molecular formula is C5H9N3O2. The molecular weight excluding hydrogens is 135 g/mol. The van der Waals surface area contributed by atoms with Gasteiger partial charge in [-0.05, 0) is 12.3 Å². The SMILES string of the molecule is [2H][C@]1(N([15N]=O)C(N)=O)C[C@@H]1C. The van der Waals surface area contributed by atoms with Crippen LogP contribution >= 0.6 is 0 Å². The first-order chi connectivity index (χ1) is 5.02. The van der Waals surface area contributed by atoms with Crippen molar-refractivity contribution in [1.82, 2.24) is 5.01 Å². The van der Waals surface area contributed by atoms with E-state index in [0.29, 0.717) is 11.4 Å². The maximum absolute atomic E-state index is 10.5. The van der Waals surface area contributed by atoms with Crippen LogP contribution in [0.1, 0.15) is 14.7 Å². The number of hydrogen-bond acceptors (Lipinski definition) is 3. The number of carbonyl (C=O) groups is 1. The summed E-state index contributed by atoms with van der Waals surface area (Å²) < 4.78 is 7.47. The number of nitrogens with two attached hydrogens (primary N) is 1. The van der Waals surface area contributed by atoms with E-state index in [1.54, 1.807) is 6.92 Å². The third-order valence-electron chi connectivity index (χ3n) is 1.49. The highest BCUT2D eigenvalue weighted by Gasteiger charge is 2.41. The Balaban J connectivity index is 2.71. The molecule has 0 aromatic heterocycles. The van der Waals surface area contributed by atoms with Gasteiger partial charge in [-0.25, -0.2) is 4.79 Å². The lowest BCUT2D eigenvalue weighted by Crippen LogP contribution is -2.33. The summed E-state index contributed by atoms with van der Waals surface area (Å²) in [6.45, 7) is 1.76. The summed E-state index contributed by atoms with van der Waals surface area (Å²) >= 11 is 0. The Kier molecular flexibility index (Phi) is 1.26. The number of rotatable bonds is 2. The first kappa shape index (κ1) is 5.64. The van der Waals surface area contributed by atoms with Crippen molar-refractivity contribution >= 4 is 6.03 Å². The third kappa shape index (κ3) is 1.07. The van der Waals surface area contributed by atoms with Crippen LogP contribution in [0, 0.1) is 10.8 Å². The molecule has 1 rings (SSSR count). The number of nitroso groups, excluding NO2 is 1. The number of carbonyl (C=O) groups excluding carboxylic acids is 1. The van der Waals surface area contributed by atoms with Crippen LogP contribution in [-0.2, 0) is 0 Å². The number of hydrogen-bond donors (Lipinski definition) is 1. The smallest absolute Gasteiger partial charge is 0.338 e. The minimum atomic E-state index is -1.17. The van der Waals surface area contributed by atoms with Crippen LogP contribution in [0.2, 0.25) is 0 Å². The quantitative estimate of drug-likeness (QED) is 0.348. The van der Waals surface area contributed by atoms with Gasteiger partial charge in [-0.3, -0.25) is 0 Å². The summed E-state index contributed by atoms with van der Waals surface area (Å²) in [5.74, 6) is -0.0206. The Morgan fingerprint density at radius 1 is 2.00 bits per heavy atom. The van der Waals surface area contributed by atoms with Crippen LogP contribution in [0.25, 0.3) is 0 Å². The number of amides is 2. The van der Waals surface area contributed by atoms with Crippen LogP contribution in [0.15, 0.2) is 5.29 Å². The lowest BCUT2D eigenvalue weighted by Gasteiger charge is -2.07. The zero-order valence-corrected chi connectivity index (χ0v) is 5.57. The molecule has 0 heterocycles. The number of primary amides is 1. The minimum Gasteiger partial charge on any atom is -0.350 e. The molecule has 56 valence electrons. The van der Waals surface area contributed by atoms with Crippen LogP contribution in [-0.4, -0.2) is 17.1 Å². The van der Waals surface area contributed by atoms with Crippen molar-refractivity contribution in [2.45, 2.75) is 19.4 Å². The first-order valence-corrected chi connectivity index (χ1v) is 2.95. The Hall–Kier alpha value is -1.13. The molecule has 1 aliphatic carbocycles. The first-order valence-electron chi connectivity index (χ1n) is 3.45. The minimum absolute atomic E-state index is 0.0206. The van der Waals surface area contributed by atoms with Crippen LogP contribution in [0.5, 0.6) is 0 Å². The third-order valence-corrected chi connectivity index (χ3v) is 1.49. The normalized spacial score (nSPS) is 38.1. The molecule has 0 aromatic rings. The zero-order chi connectivity index (χ0) is 8.65. The van der Waals surface area contributed by atoms with Crippen molar-refractivity contribution in [2.75, 3.05) is 0 Å². The molecule has 1 aliphatic rings. The summed E-state index contributed by atoms with van der Waals surface area (Å²) in [6, 6.07) is -2.13. The van der Waals surface area contributed by atoms with Crippen molar-refractivity contribution in [3.8, 4) is 0 Å². The van der Waals surface area contributed by atoms with Crippen LogP contribution < -0.4 is 5.73 Å². The fourth-order valence-corrected chi connectivity index (χ4v) is 0.784. The van der Waals surface area contributed by atoms with Crippen LogP contribution in [0.4, 0.5) is 4.79 Å². The Morgan fingerprint density at radius 3 is 2.60 bits per heavy atom. The molecule has 1 fully saturated rings. The summed E-state index contributed by atoms with van der Waals surface area (Å²) in [4.78, 5) is 20.5. The summed E-state index contributed by atoms with van der Waals surface area (Å²) in [6.07, 6.45) is 0.460. The van der Waals surface area contributed by atoms with Gasteiger partial charge in [0.2, 0.25) is 0 Å². The van der Waals surface area contributed by atoms with E-state index >= 15 is 0 Å². The predicted molar refractivity (Wildman–Crippen MR) is 34.8 cm³/mol. The summed E-state index contributed by atoms with van der Waals surface area (Å²) in [7, 11) is 0. The topological polar surface area (TPSA) is 75.8 Å². The summed E-state index contributed by atoms with van der Waals surface area (Å²) in [5.41, 5.74) is 4.81. The monoisotopic (exact) mass is 145 g/mol. The van der Waals surface area contributed by atoms with Crippen molar-refractivity contribution in [1.29, 1.82) is 0 Å². The standard InChI is InChI=1S/C5H9N3O2/c1-3-2-4(3)8(7-10)5(6)9/h3-4H,2H2,1H3,(H2,6,9)/t3-,4-/m0/s1/i4D,7+1. The second-order valence-corrected chi connectivity index (χ2v) is 2.33. The van der Waals surface area contributed by atoms with Crippen molar-refractivity contribution in [2.24, 2.45) is 16.9 Å². The molecule has 2 atom stereocenters. The Bertz CT molecular complexity index is 210. The van der Waals surface area contributed by atoms with Gasteiger partial charge >= 0.3 is 6.03 Å². The Labute approximate surface area is 59.5 Å². The molecule has 10 heavy (non-hydrogen) atoms. The predicted octanol–water partition coefficient (Wildman–Crippen LogP) is 0.457. The molecule has 0 radical (unpaired) electrons. The largest absolute Gasteiger partial charge is 0.350 e. The van der Waals surface area contributed by atoms with E-state index in [1.165, 1.54) is 0 Å². The molecule has 2 N–H and O–H groups in total. The second-order valence-electron chi connectivity index (χ2n) is 2.33. The van der Waals surface area contributed by atoms with E-state index in [9.17, 15) is 9.70 Å². The van der Waals surface area contributed by atoms with Gasteiger partial charge in [0.05, 0.1) is 12.7 Å². The molecule has 0 spiro atoms. The maximum Gasteiger partial charge on any atom is 0.338 e. The molecule has 0 bridgehead atoms. The molecule has 0 saturated heterocycles. The number of urea groups is 1. The van der Waals surface area contributed by atoms with Crippen molar-refractivity contribution in [3.05, 3.63) is 4.91 Å². The maximum atomic E-state index is 10.5. The highest BCUT2D eigenvalue weighted by molar-refractivity contribution is 5.72. The van der Waals surface area contributed by atoms with E-state index in [4.69, 9.17) is 7.10 Å².